The first-order valence-corrected chi connectivity index (χ1v) is 6.79. The maximum Gasteiger partial charge on any atom is 0.0830 e. The van der Waals surface area contributed by atoms with Gasteiger partial charge in [-0.15, -0.1) is 0 Å². The molecule has 0 spiro atoms. The molecule has 1 saturated heterocycles. The van der Waals surface area contributed by atoms with Gasteiger partial charge in [0.25, 0.3) is 0 Å². The van der Waals surface area contributed by atoms with E-state index in [4.69, 9.17) is 9.47 Å². The summed E-state index contributed by atoms with van der Waals surface area (Å²) in [5.74, 6) is 0. The molecule has 0 aliphatic carbocycles. The van der Waals surface area contributed by atoms with Crippen molar-refractivity contribution in [1.82, 2.24) is 5.32 Å². The van der Waals surface area contributed by atoms with E-state index in [1.165, 1.54) is 19.3 Å². The highest BCUT2D eigenvalue weighted by Gasteiger charge is 2.15. The summed E-state index contributed by atoms with van der Waals surface area (Å²) < 4.78 is 11.0. The fraction of sp³-hybridized carbons (Fsp3) is 1.00. The minimum absolute atomic E-state index is 0.365. The van der Waals surface area contributed by atoms with Gasteiger partial charge in [0, 0.05) is 19.3 Å². The van der Waals surface area contributed by atoms with E-state index >= 15 is 0 Å². The average Bonchev–Trinajstić information content (AvgIpc) is 2.81. The molecular weight excluding hydrogens is 202 g/mol. The summed E-state index contributed by atoms with van der Waals surface area (Å²) in [5, 5.41) is 3.57. The third kappa shape index (κ3) is 5.83. The maximum atomic E-state index is 5.75. The molecule has 0 amide bonds. The quantitative estimate of drug-likeness (QED) is 0.616. The Hall–Kier alpha value is -0.120. The van der Waals surface area contributed by atoms with Crippen molar-refractivity contribution in [2.24, 2.45) is 0 Å². The number of rotatable bonds is 9. The lowest BCUT2D eigenvalue weighted by molar-refractivity contribution is 0.0397. The van der Waals surface area contributed by atoms with E-state index in [9.17, 15) is 0 Å². The monoisotopic (exact) mass is 229 g/mol. The van der Waals surface area contributed by atoms with Gasteiger partial charge in [-0.1, -0.05) is 13.8 Å². The largest absolute Gasteiger partial charge is 0.379 e. The van der Waals surface area contributed by atoms with E-state index in [-0.39, 0.29) is 0 Å². The van der Waals surface area contributed by atoms with Gasteiger partial charge in [-0.3, -0.25) is 0 Å². The molecule has 0 radical (unpaired) electrons. The summed E-state index contributed by atoms with van der Waals surface area (Å²) in [4.78, 5) is 0. The zero-order valence-corrected chi connectivity index (χ0v) is 10.8. The molecule has 0 aromatic heterocycles. The molecule has 1 N–H and O–H groups in total. The van der Waals surface area contributed by atoms with Crippen molar-refractivity contribution in [3.8, 4) is 0 Å². The molecule has 3 nitrogen and oxygen atoms in total. The minimum atomic E-state index is 0.365. The van der Waals surface area contributed by atoms with Crippen LogP contribution >= 0.6 is 0 Å². The summed E-state index contributed by atoms with van der Waals surface area (Å²) in [6.07, 6.45) is 6.25. The zero-order valence-electron chi connectivity index (χ0n) is 10.8. The predicted octanol–water partition coefficient (Wildman–Crippen LogP) is 2.35. The minimum Gasteiger partial charge on any atom is -0.379 e. The number of hydrogen-bond acceptors (Lipinski definition) is 3. The predicted molar refractivity (Wildman–Crippen MR) is 66.8 cm³/mol. The summed E-state index contributed by atoms with van der Waals surface area (Å²) in [7, 11) is 0. The van der Waals surface area contributed by atoms with Crippen LogP contribution in [-0.2, 0) is 9.47 Å². The molecule has 1 fully saturated rings. The van der Waals surface area contributed by atoms with Crippen LogP contribution in [0.1, 0.15) is 46.0 Å². The molecule has 1 aliphatic heterocycles. The van der Waals surface area contributed by atoms with Gasteiger partial charge < -0.3 is 14.8 Å². The van der Waals surface area contributed by atoms with E-state index in [1.807, 2.05) is 0 Å². The van der Waals surface area contributed by atoms with Gasteiger partial charge in [0.05, 0.1) is 12.7 Å². The normalized spacial score (nSPS) is 22.5. The Morgan fingerprint density at radius 1 is 1.44 bits per heavy atom. The van der Waals surface area contributed by atoms with Gasteiger partial charge in [0.2, 0.25) is 0 Å². The Morgan fingerprint density at radius 2 is 2.31 bits per heavy atom. The SMILES string of the molecule is CCCNC(CC)CCCOC1CCOC1. The Bertz CT molecular complexity index is 158. The highest BCUT2D eigenvalue weighted by atomic mass is 16.5. The summed E-state index contributed by atoms with van der Waals surface area (Å²) in [6.45, 7) is 8.15. The van der Waals surface area contributed by atoms with Crippen LogP contribution in [0.4, 0.5) is 0 Å². The standard InChI is InChI=1S/C13H27NO2/c1-3-8-14-12(4-2)6-5-9-16-13-7-10-15-11-13/h12-14H,3-11H2,1-2H3. The molecule has 3 heteroatoms. The lowest BCUT2D eigenvalue weighted by Crippen LogP contribution is -2.29. The fourth-order valence-corrected chi connectivity index (χ4v) is 2.02. The van der Waals surface area contributed by atoms with Gasteiger partial charge in [-0.25, -0.2) is 0 Å². The van der Waals surface area contributed by atoms with Crippen molar-refractivity contribution in [3.05, 3.63) is 0 Å². The Morgan fingerprint density at radius 3 is 2.94 bits per heavy atom. The molecule has 1 aliphatic rings. The van der Waals surface area contributed by atoms with Gasteiger partial charge >= 0.3 is 0 Å². The van der Waals surface area contributed by atoms with E-state index in [1.54, 1.807) is 0 Å². The molecule has 1 rings (SSSR count). The maximum absolute atomic E-state index is 5.75. The highest BCUT2D eigenvalue weighted by molar-refractivity contribution is 4.66. The molecule has 0 saturated carbocycles. The summed E-state index contributed by atoms with van der Waals surface area (Å²) in [5.41, 5.74) is 0. The Kier molecular flexibility index (Phi) is 7.81. The summed E-state index contributed by atoms with van der Waals surface area (Å²) in [6, 6.07) is 0.670. The molecule has 1 heterocycles. The molecule has 0 aromatic rings. The van der Waals surface area contributed by atoms with Crippen LogP contribution in [0.2, 0.25) is 0 Å². The average molecular weight is 229 g/mol. The second kappa shape index (κ2) is 8.97. The lowest BCUT2D eigenvalue weighted by atomic mass is 10.1. The van der Waals surface area contributed by atoms with Crippen LogP contribution in [0.25, 0.3) is 0 Å². The zero-order chi connectivity index (χ0) is 11.6. The van der Waals surface area contributed by atoms with Gasteiger partial charge in [-0.2, -0.15) is 0 Å². The van der Waals surface area contributed by atoms with Gasteiger partial charge in [0.1, 0.15) is 0 Å². The molecule has 0 aromatic carbocycles. The van der Waals surface area contributed by atoms with Crippen molar-refractivity contribution in [2.45, 2.75) is 58.1 Å². The van der Waals surface area contributed by atoms with Crippen molar-refractivity contribution in [3.63, 3.8) is 0 Å². The molecule has 96 valence electrons. The second-order valence-electron chi connectivity index (χ2n) is 4.56. The third-order valence-corrected chi connectivity index (χ3v) is 3.11. The first kappa shape index (κ1) is 13.9. The van der Waals surface area contributed by atoms with Crippen molar-refractivity contribution < 1.29 is 9.47 Å². The van der Waals surface area contributed by atoms with Crippen LogP contribution in [0.5, 0.6) is 0 Å². The summed E-state index contributed by atoms with van der Waals surface area (Å²) >= 11 is 0. The van der Waals surface area contributed by atoms with Crippen LogP contribution in [0.3, 0.4) is 0 Å². The van der Waals surface area contributed by atoms with E-state index in [2.05, 4.69) is 19.2 Å². The first-order valence-electron chi connectivity index (χ1n) is 6.79. The van der Waals surface area contributed by atoms with E-state index in [0.29, 0.717) is 12.1 Å². The molecule has 0 bridgehead atoms. The number of nitrogens with one attached hydrogen (secondary N) is 1. The highest BCUT2D eigenvalue weighted by Crippen LogP contribution is 2.09. The molecular formula is C13H27NO2. The van der Waals surface area contributed by atoms with Crippen molar-refractivity contribution in [2.75, 3.05) is 26.4 Å². The van der Waals surface area contributed by atoms with Crippen LogP contribution in [0.15, 0.2) is 0 Å². The molecule has 2 unspecified atom stereocenters. The van der Waals surface area contributed by atoms with E-state index < -0.39 is 0 Å². The number of ether oxygens (including phenoxy) is 2. The molecule has 16 heavy (non-hydrogen) atoms. The van der Waals surface area contributed by atoms with Crippen molar-refractivity contribution >= 4 is 0 Å². The second-order valence-corrected chi connectivity index (χ2v) is 4.56. The lowest BCUT2D eigenvalue weighted by Gasteiger charge is -2.17. The topological polar surface area (TPSA) is 30.5 Å². The number of hydrogen-bond donors (Lipinski definition) is 1. The van der Waals surface area contributed by atoms with Crippen LogP contribution < -0.4 is 5.32 Å². The smallest absolute Gasteiger partial charge is 0.0830 e. The Labute approximate surface area is 99.9 Å². The van der Waals surface area contributed by atoms with Crippen molar-refractivity contribution in [1.29, 1.82) is 0 Å². The molecule has 2 atom stereocenters. The van der Waals surface area contributed by atoms with Crippen LogP contribution in [-0.4, -0.2) is 38.5 Å². The van der Waals surface area contributed by atoms with E-state index in [0.717, 1.165) is 39.2 Å². The Balaban J connectivity index is 1.95. The fourth-order valence-electron chi connectivity index (χ4n) is 2.02. The van der Waals surface area contributed by atoms with Gasteiger partial charge in [-0.05, 0) is 38.6 Å². The first-order chi connectivity index (χ1) is 7.86. The van der Waals surface area contributed by atoms with Gasteiger partial charge in [0.15, 0.2) is 0 Å². The third-order valence-electron chi connectivity index (χ3n) is 3.11. The van der Waals surface area contributed by atoms with Crippen LogP contribution in [0, 0.1) is 0 Å².